The molecule has 1 aromatic rings. The summed E-state index contributed by atoms with van der Waals surface area (Å²) in [4.78, 5) is 2.62. The van der Waals surface area contributed by atoms with E-state index in [2.05, 4.69) is 30.9 Å². The summed E-state index contributed by atoms with van der Waals surface area (Å²) in [5.74, 6) is 2.65. The maximum atomic E-state index is 6.13. The van der Waals surface area contributed by atoms with E-state index in [4.69, 9.17) is 9.47 Å². The number of ether oxygens (including phenoxy) is 2. The van der Waals surface area contributed by atoms with Gasteiger partial charge >= 0.3 is 0 Å². The first-order chi connectivity index (χ1) is 10.3. The minimum atomic E-state index is 0. The van der Waals surface area contributed by atoms with Gasteiger partial charge in [-0.3, -0.25) is 4.90 Å². The summed E-state index contributed by atoms with van der Waals surface area (Å²) in [6, 6.07) is 4.93. The zero-order chi connectivity index (χ0) is 14.8. The van der Waals surface area contributed by atoms with Crippen LogP contribution in [0.5, 0.6) is 11.5 Å². The second-order valence-electron chi connectivity index (χ2n) is 6.23. The number of rotatable bonds is 4. The topological polar surface area (TPSA) is 21.7 Å². The van der Waals surface area contributed by atoms with Crippen molar-refractivity contribution >= 4 is 12.4 Å². The van der Waals surface area contributed by atoms with Gasteiger partial charge in [0.15, 0.2) is 0 Å². The van der Waals surface area contributed by atoms with Crippen LogP contribution in [0.15, 0.2) is 12.1 Å². The molecule has 0 saturated carbocycles. The van der Waals surface area contributed by atoms with Gasteiger partial charge in [-0.1, -0.05) is 13.8 Å². The van der Waals surface area contributed by atoms with Crippen LogP contribution >= 0.6 is 12.4 Å². The molecule has 1 fully saturated rings. The lowest BCUT2D eigenvalue weighted by atomic mass is 9.80. The number of fused-ring (bicyclic) bond motifs is 3. The highest BCUT2D eigenvalue weighted by Gasteiger charge is 2.39. The average molecular weight is 326 g/mol. The highest BCUT2D eigenvalue weighted by Crippen LogP contribution is 2.46. The van der Waals surface area contributed by atoms with Crippen LogP contribution in [-0.4, -0.2) is 37.7 Å². The van der Waals surface area contributed by atoms with Crippen LogP contribution in [-0.2, 0) is 6.42 Å². The van der Waals surface area contributed by atoms with E-state index in [1.807, 2.05) is 0 Å². The Morgan fingerprint density at radius 2 is 2.14 bits per heavy atom. The van der Waals surface area contributed by atoms with Gasteiger partial charge in [0.05, 0.1) is 13.2 Å². The van der Waals surface area contributed by atoms with E-state index in [-0.39, 0.29) is 12.4 Å². The first-order valence-corrected chi connectivity index (χ1v) is 8.36. The summed E-state index contributed by atoms with van der Waals surface area (Å²) in [6.45, 7) is 7.65. The number of likely N-dealkylation sites (tertiary alicyclic amines) is 1. The minimum absolute atomic E-state index is 0. The number of hydrogen-bond acceptors (Lipinski definition) is 3. The monoisotopic (exact) mass is 325 g/mol. The van der Waals surface area contributed by atoms with E-state index in [9.17, 15) is 0 Å². The van der Waals surface area contributed by atoms with Crippen molar-refractivity contribution in [3.05, 3.63) is 23.3 Å². The van der Waals surface area contributed by atoms with E-state index in [1.165, 1.54) is 43.5 Å². The van der Waals surface area contributed by atoms with Crippen molar-refractivity contribution in [2.75, 3.05) is 26.8 Å². The molecule has 3 nitrogen and oxygen atoms in total. The summed E-state index contributed by atoms with van der Waals surface area (Å²) in [6.07, 6.45) is 4.76. The highest BCUT2D eigenvalue weighted by atomic mass is 35.5. The van der Waals surface area contributed by atoms with Crippen molar-refractivity contribution in [2.45, 2.75) is 51.5 Å². The molecule has 1 saturated heterocycles. The Bertz CT molecular complexity index is 487. The smallest absolute Gasteiger partial charge is 0.126 e. The van der Waals surface area contributed by atoms with Crippen molar-refractivity contribution in [1.29, 1.82) is 0 Å². The third-order valence-electron chi connectivity index (χ3n) is 4.98. The second-order valence-corrected chi connectivity index (χ2v) is 6.23. The zero-order valence-corrected chi connectivity index (χ0v) is 14.7. The van der Waals surface area contributed by atoms with Crippen molar-refractivity contribution in [3.63, 3.8) is 0 Å². The molecule has 0 N–H and O–H groups in total. The summed E-state index contributed by atoms with van der Waals surface area (Å²) >= 11 is 0. The molecule has 3 rings (SSSR count). The van der Waals surface area contributed by atoms with E-state index in [1.54, 1.807) is 7.11 Å². The number of aryl methyl sites for hydroxylation is 1. The maximum Gasteiger partial charge on any atom is 0.126 e. The highest BCUT2D eigenvalue weighted by molar-refractivity contribution is 5.85. The summed E-state index contributed by atoms with van der Waals surface area (Å²) < 4.78 is 11.8. The molecule has 22 heavy (non-hydrogen) atoms. The number of nitrogens with zero attached hydrogens (tertiary/aromatic N) is 1. The fraction of sp³-hybridized carbons (Fsp3) is 0.667. The summed E-state index contributed by atoms with van der Waals surface area (Å²) in [5.41, 5.74) is 2.61. The van der Waals surface area contributed by atoms with Crippen LogP contribution in [0.2, 0.25) is 0 Å². The molecule has 2 aliphatic heterocycles. The van der Waals surface area contributed by atoms with Crippen molar-refractivity contribution in [3.8, 4) is 11.5 Å². The molecule has 4 heteroatoms. The first-order valence-electron chi connectivity index (χ1n) is 8.36. The van der Waals surface area contributed by atoms with Gasteiger partial charge in [-0.25, -0.2) is 0 Å². The quantitative estimate of drug-likeness (QED) is 0.834. The van der Waals surface area contributed by atoms with Crippen LogP contribution in [0.3, 0.4) is 0 Å². The molecule has 0 radical (unpaired) electrons. The van der Waals surface area contributed by atoms with Gasteiger partial charge in [-0.15, -0.1) is 12.4 Å². The van der Waals surface area contributed by atoms with Gasteiger partial charge in [-0.05, 0) is 56.5 Å². The third kappa shape index (κ3) is 3.07. The fourth-order valence-electron chi connectivity index (χ4n) is 3.94. The lowest BCUT2D eigenvalue weighted by Crippen LogP contribution is -2.49. The largest absolute Gasteiger partial charge is 0.496 e. The van der Waals surface area contributed by atoms with Crippen molar-refractivity contribution in [2.24, 2.45) is 0 Å². The number of methoxy groups -OCH3 is 1. The Kier molecular flexibility index (Phi) is 5.99. The Hall–Kier alpha value is -0.930. The van der Waals surface area contributed by atoms with E-state index in [0.717, 1.165) is 24.5 Å². The number of benzene rings is 1. The van der Waals surface area contributed by atoms with E-state index >= 15 is 0 Å². The molecule has 0 aromatic heterocycles. The molecule has 2 heterocycles. The van der Waals surface area contributed by atoms with Gasteiger partial charge in [0.2, 0.25) is 0 Å². The Balaban J connectivity index is 0.00000176. The predicted octanol–water partition coefficient (Wildman–Crippen LogP) is 4.03. The summed E-state index contributed by atoms with van der Waals surface area (Å²) in [5, 5.41) is 0. The zero-order valence-electron chi connectivity index (χ0n) is 13.9. The average Bonchev–Trinajstić information content (AvgIpc) is 2.53. The molecule has 0 aliphatic carbocycles. The predicted molar refractivity (Wildman–Crippen MR) is 92.7 cm³/mol. The van der Waals surface area contributed by atoms with Crippen LogP contribution < -0.4 is 9.47 Å². The lowest BCUT2D eigenvalue weighted by Gasteiger charge is -2.44. The van der Waals surface area contributed by atoms with Crippen molar-refractivity contribution in [1.82, 2.24) is 4.90 Å². The van der Waals surface area contributed by atoms with Gasteiger partial charge in [-0.2, -0.15) is 0 Å². The van der Waals surface area contributed by atoms with Crippen LogP contribution in [0.25, 0.3) is 0 Å². The standard InChI is InChI=1S/C18H27NO2.ClH/c1-4-8-19-9-6-7-14-15(19)12-21-17-11-13(5-2)10-16(20-3)18(14)17;/h10-11,14-15H,4-9,12H2,1-3H3;1H/t14-,15+;/m1./s1. The molecule has 124 valence electrons. The molecular formula is C18H28ClNO2. The van der Waals surface area contributed by atoms with Gasteiger partial charge in [0, 0.05) is 11.5 Å². The molecule has 2 atom stereocenters. The minimum Gasteiger partial charge on any atom is -0.496 e. The maximum absolute atomic E-state index is 6.13. The van der Waals surface area contributed by atoms with Crippen LogP contribution in [0.4, 0.5) is 0 Å². The Labute approximate surface area is 140 Å². The molecule has 2 aliphatic rings. The van der Waals surface area contributed by atoms with E-state index < -0.39 is 0 Å². The molecule has 0 unspecified atom stereocenters. The molecule has 0 spiro atoms. The SMILES string of the molecule is CCCN1CCC[C@H]2c3c(OC)cc(CC)cc3OC[C@@H]21.Cl. The van der Waals surface area contributed by atoms with Crippen LogP contribution in [0, 0.1) is 0 Å². The second kappa shape index (κ2) is 7.56. The molecule has 0 amide bonds. The summed E-state index contributed by atoms with van der Waals surface area (Å²) in [7, 11) is 1.78. The Morgan fingerprint density at radius 3 is 2.82 bits per heavy atom. The lowest BCUT2D eigenvalue weighted by molar-refractivity contribution is 0.0645. The normalized spacial score (nSPS) is 23.8. The fourth-order valence-corrected chi connectivity index (χ4v) is 3.94. The first kappa shape index (κ1) is 17.4. The molecule has 1 aromatic carbocycles. The number of hydrogen-bond donors (Lipinski definition) is 0. The number of halogens is 1. The van der Waals surface area contributed by atoms with Gasteiger partial charge in [0.25, 0.3) is 0 Å². The molecule has 0 bridgehead atoms. The number of piperidine rings is 1. The third-order valence-corrected chi connectivity index (χ3v) is 4.98. The van der Waals surface area contributed by atoms with E-state index in [0.29, 0.717) is 12.0 Å². The van der Waals surface area contributed by atoms with Crippen LogP contribution in [0.1, 0.15) is 50.2 Å². The van der Waals surface area contributed by atoms with Crippen molar-refractivity contribution < 1.29 is 9.47 Å². The Morgan fingerprint density at radius 1 is 1.32 bits per heavy atom. The van der Waals surface area contributed by atoms with Gasteiger partial charge in [0.1, 0.15) is 18.1 Å². The van der Waals surface area contributed by atoms with Gasteiger partial charge < -0.3 is 9.47 Å². The molecular weight excluding hydrogens is 298 g/mol.